The molecule has 51 heavy (non-hydrogen) atoms. The molecule has 0 aliphatic carbocycles. The van der Waals surface area contributed by atoms with E-state index in [4.69, 9.17) is 24.3 Å². The van der Waals surface area contributed by atoms with Gasteiger partial charge in [0.05, 0.1) is 25.4 Å². The normalized spacial score (nSPS) is 15.2. The summed E-state index contributed by atoms with van der Waals surface area (Å²) in [5, 5.41) is 20.6. The maximum absolute atomic E-state index is 12.5. The van der Waals surface area contributed by atoms with Gasteiger partial charge in [-0.2, -0.15) is 0 Å². The number of phosphoric ester groups is 1. The summed E-state index contributed by atoms with van der Waals surface area (Å²) in [6.07, 6.45) is 30.4. The van der Waals surface area contributed by atoms with Gasteiger partial charge in [0.15, 0.2) is 6.10 Å². The van der Waals surface area contributed by atoms with Gasteiger partial charge in [-0.25, -0.2) is 4.57 Å². The third kappa shape index (κ3) is 33.5. The Labute approximate surface area is 308 Å². The smallest absolute Gasteiger partial charge is 0.462 e. The van der Waals surface area contributed by atoms with Crippen molar-refractivity contribution in [2.75, 3.05) is 26.4 Å². The van der Waals surface area contributed by atoms with Crippen molar-refractivity contribution in [3.05, 3.63) is 48.6 Å². The van der Waals surface area contributed by atoms with Crippen LogP contribution in [0.2, 0.25) is 0 Å². The predicted octanol–water partition coefficient (Wildman–Crippen LogP) is 8.32. The van der Waals surface area contributed by atoms with Crippen LogP contribution in [-0.2, 0) is 32.7 Å². The average molecular weight is 744 g/mol. The zero-order valence-electron chi connectivity index (χ0n) is 31.5. The number of carbonyl (C=O) groups excluding carboxylic acids is 2. The van der Waals surface area contributed by atoms with Crippen LogP contribution in [0.4, 0.5) is 0 Å². The highest BCUT2D eigenvalue weighted by molar-refractivity contribution is 7.47. The van der Waals surface area contributed by atoms with Gasteiger partial charge in [-0.1, -0.05) is 127 Å². The second-order valence-electron chi connectivity index (χ2n) is 12.7. The number of phosphoric acid groups is 1. The van der Waals surface area contributed by atoms with Crippen molar-refractivity contribution < 1.29 is 47.8 Å². The summed E-state index contributed by atoms with van der Waals surface area (Å²) in [6.45, 7) is 3.24. The Hall–Kier alpha value is -2.11. The maximum atomic E-state index is 12.5. The van der Waals surface area contributed by atoms with Crippen molar-refractivity contribution in [3.8, 4) is 0 Å². The van der Waals surface area contributed by atoms with Crippen LogP contribution >= 0.6 is 7.82 Å². The van der Waals surface area contributed by atoms with Crippen LogP contribution in [0, 0.1) is 0 Å². The van der Waals surface area contributed by atoms with Crippen LogP contribution in [0.1, 0.15) is 142 Å². The van der Waals surface area contributed by atoms with E-state index >= 15 is 0 Å². The molecule has 11 nitrogen and oxygen atoms in total. The lowest BCUT2D eigenvalue weighted by Gasteiger charge is -2.20. The lowest BCUT2D eigenvalue weighted by molar-refractivity contribution is -0.161. The molecule has 0 aliphatic heterocycles. The molecule has 0 radical (unpaired) electrons. The third-order valence-corrected chi connectivity index (χ3v) is 8.91. The molecule has 0 aromatic heterocycles. The Morgan fingerprint density at radius 2 is 1.20 bits per heavy atom. The molecule has 0 amide bonds. The van der Waals surface area contributed by atoms with Crippen LogP contribution in [0.3, 0.4) is 0 Å². The van der Waals surface area contributed by atoms with Gasteiger partial charge in [-0.05, 0) is 51.4 Å². The average Bonchev–Trinajstić information content (AvgIpc) is 3.11. The Morgan fingerprint density at radius 3 is 1.76 bits per heavy atom. The summed E-state index contributed by atoms with van der Waals surface area (Å²) >= 11 is 0. The molecule has 0 aromatic rings. The molecule has 0 saturated heterocycles. The highest BCUT2D eigenvalue weighted by Gasteiger charge is 2.26. The van der Waals surface area contributed by atoms with Crippen molar-refractivity contribution >= 4 is 19.8 Å². The van der Waals surface area contributed by atoms with Gasteiger partial charge in [0, 0.05) is 19.4 Å². The molecule has 5 N–H and O–H groups in total. The van der Waals surface area contributed by atoms with E-state index in [0.29, 0.717) is 12.8 Å². The maximum Gasteiger partial charge on any atom is 0.472 e. The Kier molecular flexibility index (Phi) is 33.5. The first-order valence-corrected chi connectivity index (χ1v) is 20.8. The molecule has 0 aromatic carbocycles. The number of carbonyl (C=O) groups is 2. The first-order chi connectivity index (χ1) is 24.6. The zero-order chi connectivity index (χ0) is 37.8. The minimum Gasteiger partial charge on any atom is -0.462 e. The van der Waals surface area contributed by atoms with Crippen LogP contribution < -0.4 is 5.73 Å². The Morgan fingerprint density at radius 1 is 0.667 bits per heavy atom. The molecule has 0 saturated carbocycles. The van der Waals surface area contributed by atoms with E-state index in [1.54, 1.807) is 0 Å². The van der Waals surface area contributed by atoms with Crippen LogP contribution in [0.15, 0.2) is 48.6 Å². The molecule has 4 atom stereocenters. The first kappa shape index (κ1) is 48.9. The fourth-order valence-electron chi connectivity index (χ4n) is 4.96. The van der Waals surface area contributed by atoms with Gasteiger partial charge in [0.2, 0.25) is 0 Å². The number of nitrogens with two attached hydrogens (primary N) is 1. The van der Waals surface area contributed by atoms with E-state index in [1.165, 1.54) is 44.9 Å². The van der Waals surface area contributed by atoms with E-state index in [1.807, 2.05) is 18.2 Å². The zero-order valence-corrected chi connectivity index (χ0v) is 32.4. The van der Waals surface area contributed by atoms with Crippen molar-refractivity contribution in [2.24, 2.45) is 5.73 Å². The summed E-state index contributed by atoms with van der Waals surface area (Å²) in [4.78, 5) is 34.7. The number of hydrogen-bond acceptors (Lipinski definition) is 10. The van der Waals surface area contributed by atoms with E-state index < -0.39 is 44.7 Å². The number of rotatable bonds is 35. The second kappa shape index (κ2) is 34.9. The fourth-order valence-corrected chi connectivity index (χ4v) is 5.72. The van der Waals surface area contributed by atoms with Crippen molar-refractivity contribution in [3.63, 3.8) is 0 Å². The molecule has 0 heterocycles. The summed E-state index contributed by atoms with van der Waals surface area (Å²) < 4.78 is 32.4. The van der Waals surface area contributed by atoms with Gasteiger partial charge >= 0.3 is 19.8 Å². The summed E-state index contributed by atoms with van der Waals surface area (Å²) in [7, 11) is -4.44. The van der Waals surface area contributed by atoms with Crippen molar-refractivity contribution in [2.45, 2.75) is 161 Å². The highest BCUT2D eigenvalue weighted by atomic mass is 31.2. The van der Waals surface area contributed by atoms with E-state index in [9.17, 15) is 29.3 Å². The Bertz CT molecular complexity index is 1020. The molecular weight excluding hydrogens is 673 g/mol. The van der Waals surface area contributed by atoms with E-state index in [0.717, 1.165) is 44.9 Å². The van der Waals surface area contributed by atoms with Crippen LogP contribution in [-0.4, -0.2) is 71.7 Å². The van der Waals surface area contributed by atoms with Gasteiger partial charge in [-0.3, -0.25) is 18.6 Å². The molecule has 12 heteroatoms. The van der Waals surface area contributed by atoms with Gasteiger partial charge in [0.1, 0.15) is 6.61 Å². The number of allylic oxidation sites excluding steroid dienone is 7. The number of hydrogen-bond donors (Lipinski definition) is 4. The van der Waals surface area contributed by atoms with Crippen LogP contribution in [0.5, 0.6) is 0 Å². The monoisotopic (exact) mass is 743 g/mol. The van der Waals surface area contributed by atoms with Gasteiger partial charge in [-0.15, -0.1) is 0 Å². The quantitative estimate of drug-likeness (QED) is 0.0213. The molecule has 0 fully saturated rings. The molecular formula is C39H70NO10P. The second-order valence-corrected chi connectivity index (χ2v) is 14.2. The minimum absolute atomic E-state index is 0.0130. The lowest BCUT2D eigenvalue weighted by atomic mass is 10.0. The summed E-state index contributed by atoms with van der Waals surface area (Å²) in [5.74, 6) is -1.12. The molecule has 296 valence electrons. The van der Waals surface area contributed by atoms with E-state index in [-0.39, 0.29) is 45.4 Å². The number of ether oxygens (including phenoxy) is 2. The molecule has 1 unspecified atom stereocenters. The molecule has 0 aliphatic rings. The van der Waals surface area contributed by atoms with Crippen LogP contribution in [0.25, 0.3) is 0 Å². The summed E-state index contributed by atoms with van der Waals surface area (Å²) in [5.41, 5.74) is 5.31. The first-order valence-electron chi connectivity index (χ1n) is 19.3. The number of esters is 2. The molecule has 0 bridgehead atoms. The molecule has 0 spiro atoms. The topological polar surface area (TPSA) is 175 Å². The Balaban J connectivity index is 4.47. The highest BCUT2D eigenvalue weighted by Crippen LogP contribution is 2.43. The number of unbranched alkanes of at least 4 members (excludes halogenated alkanes) is 10. The van der Waals surface area contributed by atoms with Gasteiger partial charge in [0.25, 0.3) is 0 Å². The fraction of sp³-hybridized carbons (Fsp3) is 0.744. The standard InChI is InChI=1S/C39H70NO10P/c1-3-5-7-9-11-13-15-17-18-20-22-24-27-36(41)37(42)28-26-30-38(43)47-33-35(34-49-51(45,46)48-32-31-40)50-39(44)29-25-23-21-19-16-14-12-10-8-6-4-2/h5,7,11,13,17-18,22,24,35-37,41-42H,3-4,6,8-10,12,14-16,19-21,23,25-34,40H2,1-2H3,(H,45,46)/b7-5-,13-11-,18-17-,24-22-/t35-,36+,37+/m1/s1. The minimum atomic E-state index is -4.44. The number of aliphatic hydroxyl groups excluding tert-OH is 2. The van der Waals surface area contributed by atoms with Crippen molar-refractivity contribution in [1.82, 2.24) is 0 Å². The lowest BCUT2D eigenvalue weighted by Crippen LogP contribution is -2.30. The molecule has 0 rings (SSSR count). The third-order valence-electron chi connectivity index (χ3n) is 7.93. The predicted molar refractivity (Wildman–Crippen MR) is 204 cm³/mol. The van der Waals surface area contributed by atoms with E-state index in [2.05, 4.69) is 44.2 Å². The number of aliphatic hydroxyl groups is 2. The van der Waals surface area contributed by atoms with Crippen molar-refractivity contribution in [1.29, 1.82) is 0 Å². The van der Waals surface area contributed by atoms with Gasteiger partial charge < -0.3 is 30.3 Å². The largest absolute Gasteiger partial charge is 0.472 e. The SMILES string of the molecule is CC/C=C\C/C=C\C/C=C\C/C=C\C[C@H](O)[C@@H](O)CCCC(=O)OC[C@H](COP(=O)(O)OCCN)OC(=O)CCCCCCCCCCCCC. The summed E-state index contributed by atoms with van der Waals surface area (Å²) in [6, 6.07) is 0.